The summed E-state index contributed by atoms with van der Waals surface area (Å²) in [7, 11) is 0. The zero-order valence-corrected chi connectivity index (χ0v) is 24.4. The second-order valence-corrected chi connectivity index (χ2v) is 11.5. The Kier molecular flexibility index (Phi) is 10.0. The number of hydrogen-bond donors (Lipinski definition) is 2. The van der Waals surface area contributed by atoms with Gasteiger partial charge in [-0.05, 0) is 50.6 Å². The topological polar surface area (TPSA) is 85.2 Å². The normalized spacial score (nSPS) is 14.5. The monoisotopic (exact) mass is 600 g/mol. The van der Waals surface area contributed by atoms with Gasteiger partial charge in [0.1, 0.15) is 5.75 Å². The van der Waals surface area contributed by atoms with Gasteiger partial charge in [0.05, 0.1) is 36.0 Å². The van der Waals surface area contributed by atoms with Gasteiger partial charge >= 0.3 is 0 Å². The largest absolute Gasteiger partial charge is 0.506 e. The van der Waals surface area contributed by atoms with Crippen molar-refractivity contribution >= 4 is 75.8 Å². The molecule has 0 unspecified atom stereocenters. The fourth-order valence-corrected chi connectivity index (χ4v) is 6.04. The van der Waals surface area contributed by atoms with Crippen LogP contribution in [0, 0.1) is 0 Å². The number of hydrogen-bond acceptors (Lipinski definition) is 7. The molecule has 3 heterocycles. The van der Waals surface area contributed by atoms with E-state index >= 15 is 0 Å². The number of carbonyl (C=O) groups is 2. The molecule has 1 aliphatic heterocycles. The Bertz CT molecular complexity index is 1310. The van der Waals surface area contributed by atoms with Crippen molar-refractivity contribution in [1.82, 2.24) is 15.2 Å². The van der Waals surface area contributed by atoms with Crippen LogP contribution in [-0.4, -0.2) is 64.7 Å². The summed E-state index contributed by atoms with van der Waals surface area (Å²) in [6, 6.07) is 8.91. The Morgan fingerprint density at radius 2 is 1.73 bits per heavy atom. The number of benzene rings is 1. The summed E-state index contributed by atoms with van der Waals surface area (Å²) in [6.45, 7) is 9.04. The lowest BCUT2D eigenvalue weighted by Crippen LogP contribution is -2.50. The second kappa shape index (κ2) is 12.6. The van der Waals surface area contributed by atoms with E-state index in [1.165, 1.54) is 11.3 Å². The minimum atomic E-state index is -0.414. The van der Waals surface area contributed by atoms with Crippen LogP contribution in [0.3, 0.4) is 0 Å². The van der Waals surface area contributed by atoms with Crippen LogP contribution >= 0.6 is 58.3 Å². The highest BCUT2D eigenvalue weighted by atomic mass is 35.5. The highest BCUT2D eigenvalue weighted by Crippen LogP contribution is 2.40. The van der Waals surface area contributed by atoms with Crippen molar-refractivity contribution in [3.05, 3.63) is 61.1 Å². The molecule has 0 spiro atoms. The standard InChI is InChI=1S/C25H26Cl2N4O3S2.ClH/c1-14(2)30-8-10-31(11-9-30)25(34)21-7-6-20(36-21)24(33)29-28-15(3)17-13-35-23(22(17)32)16-4-5-18(26)19(27)12-16;/h4-7,12-14,32H,8-11H2,1-3H3,(H,29,33);1H. The Balaban J connectivity index is 0.00000380. The molecule has 2 aromatic heterocycles. The van der Waals surface area contributed by atoms with Gasteiger partial charge < -0.3 is 10.0 Å². The predicted molar refractivity (Wildman–Crippen MR) is 155 cm³/mol. The number of hydrazone groups is 1. The quantitative estimate of drug-likeness (QED) is 0.259. The molecule has 0 aliphatic carbocycles. The fraction of sp³-hybridized carbons (Fsp3) is 0.320. The Morgan fingerprint density at radius 3 is 2.38 bits per heavy atom. The molecule has 37 heavy (non-hydrogen) atoms. The van der Waals surface area contributed by atoms with Crippen LogP contribution in [0.4, 0.5) is 0 Å². The molecule has 1 aromatic carbocycles. The molecule has 7 nitrogen and oxygen atoms in total. The minimum Gasteiger partial charge on any atom is -0.506 e. The fourth-order valence-electron chi connectivity index (χ4n) is 3.87. The molecule has 2 N–H and O–H groups in total. The summed E-state index contributed by atoms with van der Waals surface area (Å²) in [5, 5.41) is 17.5. The first-order valence-electron chi connectivity index (χ1n) is 11.4. The SMILES string of the molecule is CC(=NNC(=O)c1ccc(C(=O)N2CCN(C(C)C)CC2)s1)c1csc(-c2ccc(Cl)c(Cl)c2)c1O.Cl. The van der Waals surface area contributed by atoms with Gasteiger partial charge in [-0.3, -0.25) is 14.5 Å². The van der Waals surface area contributed by atoms with Gasteiger partial charge in [0.15, 0.2) is 0 Å². The van der Waals surface area contributed by atoms with Gasteiger partial charge in [-0.15, -0.1) is 35.1 Å². The maximum Gasteiger partial charge on any atom is 0.281 e. The van der Waals surface area contributed by atoms with Gasteiger partial charge in [-0.1, -0.05) is 29.3 Å². The van der Waals surface area contributed by atoms with Crippen molar-refractivity contribution in [2.24, 2.45) is 5.10 Å². The van der Waals surface area contributed by atoms with Crippen molar-refractivity contribution < 1.29 is 14.7 Å². The van der Waals surface area contributed by atoms with Crippen LogP contribution in [0.2, 0.25) is 10.0 Å². The van der Waals surface area contributed by atoms with Crippen LogP contribution in [0.15, 0.2) is 40.8 Å². The zero-order valence-electron chi connectivity index (χ0n) is 20.5. The van der Waals surface area contributed by atoms with Gasteiger partial charge in [0.25, 0.3) is 11.8 Å². The molecule has 3 aromatic rings. The molecule has 0 saturated carbocycles. The molecule has 12 heteroatoms. The highest BCUT2D eigenvalue weighted by Gasteiger charge is 2.25. The Morgan fingerprint density at radius 1 is 1.05 bits per heavy atom. The number of piperazine rings is 1. The van der Waals surface area contributed by atoms with E-state index in [0.717, 1.165) is 30.0 Å². The molecule has 4 rings (SSSR count). The lowest BCUT2D eigenvalue weighted by molar-refractivity contribution is 0.0600. The van der Waals surface area contributed by atoms with Gasteiger partial charge in [-0.25, -0.2) is 5.43 Å². The van der Waals surface area contributed by atoms with E-state index in [1.807, 2.05) is 4.90 Å². The van der Waals surface area contributed by atoms with Gasteiger partial charge in [-0.2, -0.15) is 5.10 Å². The second-order valence-electron chi connectivity index (χ2n) is 8.68. The number of aromatic hydroxyl groups is 1. The van der Waals surface area contributed by atoms with E-state index < -0.39 is 5.91 Å². The number of carbonyl (C=O) groups excluding carboxylic acids is 2. The highest BCUT2D eigenvalue weighted by molar-refractivity contribution is 7.16. The van der Waals surface area contributed by atoms with E-state index in [-0.39, 0.29) is 24.1 Å². The molecular formula is C25H27Cl3N4O3S2. The van der Waals surface area contributed by atoms with Crippen molar-refractivity contribution in [2.45, 2.75) is 26.8 Å². The number of thiophene rings is 2. The number of halogens is 3. The van der Waals surface area contributed by atoms with Crippen molar-refractivity contribution in [2.75, 3.05) is 26.2 Å². The third-order valence-corrected chi connectivity index (χ3v) is 8.86. The molecule has 2 amide bonds. The first-order chi connectivity index (χ1) is 17.2. The Labute approximate surface area is 240 Å². The number of nitrogens with one attached hydrogen (secondary N) is 1. The van der Waals surface area contributed by atoms with E-state index in [0.29, 0.717) is 55.1 Å². The molecule has 198 valence electrons. The van der Waals surface area contributed by atoms with Crippen LogP contribution in [0.1, 0.15) is 45.7 Å². The molecule has 1 saturated heterocycles. The van der Waals surface area contributed by atoms with Crippen molar-refractivity contribution in [3.8, 4) is 16.2 Å². The first kappa shape index (κ1) is 29.4. The van der Waals surface area contributed by atoms with E-state index in [9.17, 15) is 14.7 Å². The zero-order chi connectivity index (χ0) is 26.0. The van der Waals surface area contributed by atoms with Crippen molar-refractivity contribution in [3.63, 3.8) is 0 Å². The van der Waals surface area contributed by atoms with E-state index in [2.05, 4.69) is 29.3 Å². The minimum absolute atomic E-state index is 0. The maximum atomic E-state index is 12.9. The lowest BCUT2D eigenvalue weighted by atomic mass is 10.1. The average molecular weight is 602 g/mol. The molecular weight excluding hydrogens is 575 g/mol. The molecule has 1 fully saturated rings. The number of amides is 2. The summed E-state index contributed by atoms with van der Waals surface area (Å²) in [5.74, 6) is -0.418. The third-order valence-electron chi connectivity index (χ3n) is 6.03. The lowest BCUT2D eigenvalue weighted by Gasteiger charge is -2.36. The van der Waals surface area contributed by atoms with Crippen LogP contribution in [0.25, 0.3) is 10.4 Å². The summed E-state index contributed by atoms with van der Waals surface area (Å²) >= 11 is 14.6. The van der Waals surface area contributed by atoms with Crippen LogP contribution in [-0.2, 0) is 0 Å². The number of nitrogens with zero attached hydrogens (tertiary/aromatic N) is 3. The molecule has 0 radical (unpaired) electrons. The average Bonchev–Trinajstić information content (AvgIpc) is 3.51. The summed E-state index contributed by atoms with van der Waals surface area (Å²) < 4.78 is 0. The third kappa shape index (κ3) is 6.66. The van der Waals surface area contributed by atoms with Crippen LogP contribution in [0.5, 0.6) is 5.75 Å². The van der Waals surface area contributed by atoms with Crippen LogP contribution < -0.4 is 5.43 Å². The summed E-state index contributed by atoms with van der Waals surface area (Å²) in [6.07, 6.45) is 0. The Hall–Kier alpha value is -2.14. The predicted octanol–water partition coefficient (Wildman–Crippen LogP) is 6.23. The van der Waals surface area contributed by atoms with Gasteiger partial charge in [0, 0.05) is 37.6 Å². The first-order valence-corrected chi connectivity index (χ1v) is 13.8. The number of rotatable bonds is 6. The van der Waals surface area contributed by atoms with Crippen molar-refractivity contribution in [1.29, 1.82) is 0 Å². The van der Waals surface area contributed by atoms with E-state index in [1.54, 1.807) is 42.6 Å². The molecule has 1 aliphatic rings. The maximum absolute atomic E-state index is 12.9. The summed E-state index contributed by atoms with van der Waals surface area (Å²) in [5.41, 5.74) is 4.20. The summed E-state index contributed by atoms with van der Waals surface area (Å²) in [4.78, 5) is 31.3. The molecule has 0 bridgehead atoms. The molecule has 0 atom stereocenters. The van der Waals surface area contributed by atoms with Gasteiger partial charge in [0.2, 0.25) is 0 Å². The van der Waals surface area contributed by atoms with E-state index in [4.69, 9.17) is 23.2 Å². The smallest absolute Gasteiger partial charge is 0.281 e.